The minimum atomic E-state index is -1.56. The van der Waals surface area contributed by atoms with Crippen LogP contribution in [0.4, 0.5) is 0 Å². The molecule has 0 heterocycles. The van der Waals surface area contributed by atoms with Gasteiger partial charge in [-0.25, -0.2) is 0 Å². The molecule has 15 heteroatoms. The van der Waals surface area contributed by atoms with Crippen molar-refractivity contribution >= 4 is 47.8 Å². The van der Waals surface area contributed by atoms with Crippen LogP contribution < -0.4 is 21.3 Å². The van der Waals surface area contributed by atoms with Crippen molar-refractivity contribution in [2.75, 3.05) is 0 Å². The van der Waals surface area contributed by atoms with Crippen molar-refractivity contribution < 1.29 is 53.7 Å². The summed E-state index contributed by atoms with van der Waals surface area (Å²) in [6.45, 7) is 4.10. The average molecular weight is 502 g/mol. The van der Waals surface area contributed by atoms with Crippen molar-refractivity contribution in [1.29, 1.82) is 0 Å². The van der Waals surface area contributed by atoms with E-state index in [2.05, 4.69) is 21.3 Å². The maximum atomic E-state index is 12.8. The molecule has 0 aromatic heterocycles. The van der Waals surface area contributed by atoms with Gasteiger partial charge in [0, 0.05) is 13.3 Å². The summed E-state index contributed by atoms with van der Waals surface area (Å²) in [5, 5.41) is 35.5. The Morgan fingerprint density at radius 2 is 1.26 bits per heavy atom. The summed E-state index contributed by atoms with van der Waals surface area (Å²) in [4.78, 5) is 93.1. The Bertz CT molecular complexity index is 827. The van der Waals surface area contributed by atoms with E-state index in [1.165, 1.54) is 13.8 Å². The molecule has 15 nitrogen and oxygen atoms in total. The summed E-state index contributed by atoms with van der Waals surface area (Å²) in [5.74, 6) is -8.33. The minimum Gasteiger partial charge on any atom is -0.481 e. The molecule has 0 saturated heterocycles. The van der Waals surface area contributed by atoms with Gasteiger partial charge in [0.2, 0.25) is 23.6 Å². The van der Waals surface area contributed by atoms with Gasteiger partial charge in [-0.1, -0.05) is 13.8 Å². The number of carbonyl (C=O) groups excluding carboxylic acids is 5. The lowest BCUT2D eigenvalue weighted by atomic mass is 10.0. The van der Waals surface area contributed by atoms with Crippen LogP contribution in [0.15, 0.2) is 0 Å². The average Bonchev–Trinajstić information content (AvgIpc) is 2.71. The molecule has 0 aliphatic heterocycles. The zero-order chi connectivity index (χ0) is 27.3. The lowest BCUT2D eigenvalue weighted by molar-refractivity contribution is -0.141. The monoisotopic (exact) mass is 502 g/mol. The smallest absolute Gasteiger partial charge is 0.305 e. The summed E-state index contributed by atoms with van der Waals surface area (Å²) < 4.78 is 0. The second-order valence-corrected chi connectivity index (χ2v) is 7.92. The van der Waals surface area contributed by atoms with Crippen LogP contribution in [0.25, 0.3) is 0 Å². The Labute approximate surface area is 200 Å². The number of amides is 4. The Morgan fingerprint density at radius 1 is 0.714 bits per heavy atom. The van der Waals surface area contributed by atoms with Gasteiger partial charge in [-0.05, 0) is 12.3 Å². The van der Waals surface area contributed by atoms with Gasteiger partial charge < -0.3 is 41.4 Å². The molecule has 0 aromatic rings. The Kier molecular flexibility index (Phi) is 13.2. The molecule has 0 aromatic carbocycles. The maximum absolute atomic E-state index is 12.8. The first-order chi connectivity index (χ1) is 16.2. The predicted molar refractivity (Wildman–Crippen MR) is 116 cm³/mol. The van der Waals surface area contributed by atoms with Crippen molar-refractivity contribution in [2.24, 2.45) is 5.92 Å². The van der Waals surface area contributed by atoms with Crippen LogP contribution in [0.3, 0.4) is 0 Å². The molecular weight excluding hydrogens is 472 g/mol. The van der Waals surface area contributed by atoms with Crippen LogP contribution >= 0.6 is 0 Å². The number of rotatable bonds is 16. The SMILES string of the molecule is CC(=O)N[C@@H](CC(=O)O)C(=O)N[C@@H](CCC(=O)O)C(=O)N[C@H](C(=O)NC(C=O)CC(=O)O)C(C)C. The molecule has 0 rings (SSSR count). The number of carbonyl (C=O) groups is 8. The fraction of sp³-hybridized carbons (Fsp3) is 0.600. The van der Waals surface area contributed by atoms with E-state index < -0.39 is 97.3 Å². The Morgan fingerprint density at radius 3 is 1.69 bits per heavy atom. The van der Waals surface area contributed by atoms with E-state index in [0.29, 0.717) is 0 Å². The Hall–Kier alpha value is -4.04. The quantitative estimate of drug-likeness (QED) is 0.110. The molecular formula is C20H30N4O11. The van der Waals surface area contributed by atoms with Crippen molar-refractivity contribution in [2.45, 2.75) is 70.6 Å². The summed E-state index contributed by atoms with van der Waals surface area (Å²) in [7, 11) is 0. The molecule has 0 saturated carbocycles. The van der Waals surface area contributed by atoms with Gasteiger partial charge >= 0.3 is 17.9 Å². The van der Waals surface area contributed by atoms with Gasteiger partial charge in [0.1, 0.15) is 24.4 Å². The number of aldehydes is 1. The highest BCUT2D eigenvalue weighted by atomic mass is 16.4. The first-order valence-corrected chi connectivity index (χ1v) is 10.5. The van der Waals surface area contributed by atoms with Crippen molar-refractivity contribution in [1.82, 2.24) is 21.3 Å². The highest BCUT2D eigenvalue weighted by Gasteiger charge is 2.32. The molecule has 35 heavy (non-hydrogen) atoms. The number of aliphatic carboxylic acids is 3. The van der Waals surface area contributed by atoms with Crippen LogP contribution in [0, 0.1) is 5.92 Å². The lowest BCUT2D eigenvalue weighted by Gasteiger charge is -2.27. The predicted octanol–water partition coefficient (Wildman–Crippen LogP) is -2.39. The van der Waals surface area contributed by atoms with E-state index in [-0.39, 0.29) is 6.29 Å². The highest BCUT2D eigenvalue weighted by molar-refractivity contribution is 5.96. The summed E-state index contributed by atoms with van der Waals surface area (Å²) in [5.41, 5.74) is 0. The van der Waals surface area contributed by atoms with E-state index >= 15 is 0 Å². The van der Waals surface area contributed by atoms with Gasteiger partial charge in [-0.3, -0.25) is 33.6 Å². The molecule has 0 fully saturated rings. The minimum absolute atomic E-state index is 0.214. The van der Waals surface area contributed by atoms with E-state index in [1.807, 2.05) is 0 Å². The van der Waals surface area contributed by atoms with Crippen LogP contribution in [0.1, 0.15) is 46.5 Å². The zero-order valence-electron chi connectivity index (χ0n) is 19.4. The van der Waals surface area contributed by atoms with E-state index in [9.17, 15) is 38.4 Å². The molecule has 7 N–H and O–H groups in total. The first-order valence-electron chi connectivity index (χ1n) is 10.5. The molecule has 0 spiro atoms. The molecule has 0 bridgehead atoms. The molecule has 4 amide bonds. The maximum Gasteiger partial charge on any atom is 0.305 e. The molecule has 4 atom stereocenters. The van der Waals surface area contributed by atoms with Gasteiger partial charge in [-0.15, -0.1) is 0 Å². The summed E-state index contributed by atoms with van der Waals surface area (Å²) in [6, 6.07) is -5.75. The third-order valence-corrected chi connectivity index (χ3v) is 4.49. The number of nitrogens with one attached hydrogen (secondary N) is 4. The van der Waals surface area contributed by atoms with E-state index in [1.54, 1.807) is 0 Å². The molecule has 1 unspecified atom stereocenters. The molecule has 0 aliphatic carbocycles. The van der Waals surface area contributed by atoms with Crippen molar-refractivity contribution in [3.8, 4) is 0 Å². The zero-order valence-corrected chi connectivity index (χ0v) is 19.4. The largest absolute Gasteiger partial charge is 0.481 e. The first kappa shape index (κ1) is 31.0. The molecule has 196 valence electrons. The van der Waals surface area contributed by atoms with Crippen LogP contribution in [0.5, 0.6) is 0 Å². The van der Waals surface area contributed by atoms with Crippen molar-refractivity contribution in [3.63, 3.8) is 0 Å². The molecule has 0 aliphatic rings. The summed E-state index contributed by atoms with van der Waals surface area (Å²) >= 11 is 0. The second-order valence-electron chi connectivity index (χ2n) is 7.92. The standard InChI is InChI=1S/C20H30N4O11/c1-9(2)17(20(35)22-11(8-25)6-15(29)30)24-18(33)12(4-5-14(27)28)23-19(34)13(7-16(31)32)21-10(3)26/h8-9,11-13,17H,4-7H2,1-3H3,(H,21,26)(H,22,35)(H,23,34)(H,24,33)(H,27,28)(H,29,30)(H,31,32)/t11?,12-,13-,17-/m0/s1. The Balaban J connectivity index is 5.66. The number of hydrogen-bond acceptors (Lipinski definition) is 8. The van der Waals surface area contributed by atoms with Gasteiger partial charge in [0.15, 0.2) is 0 Å². The fourth-order valence-corrected chi connectivity index (χ4v) is 2.82. The fourth-order valence-electron chi connectivity index (χ4n) is 2.82. The highest BCUT2D eigenvalue weighted by Crippen LogP contribution is 2.07. The van der Waals surface area contributed by atoms with Gasteiger partial charge in [0.05, 0.1) is 18.9 Å². The topological polar surface area (TPSA) is 245 Å². The normalized spacial score (nSPS) is 13.9. The number of hydrogen-bond donors (Lipinski definition) is 7. The second kappa shape index (κ2) is 15.0. The number of carboxylic acid groups (broad SMARTS) is 3. The third-order valence-electron chi connectivity index (χ3n) is 4.49. The lowest BCUT2D eigenvalue weighted by Crippen LogP contribution is -2.58. The van der Waals surface area contributed by atoms with Crippen LogP contribution in [0.2, 0.25) is 0 Å². The van der Waals surface area contributed by atoms with Crippen LogP contribution in [-0.2, 0) is 38.4 Å². The van der Waals surface area contributed by atoms with E-state index in [4.69, 9.17) is 15.3 Å². The third kappa shape index (κ3) is 12.7. The van der Waals surface area contributed by atoms with Crippen LogP contribution in [-0.4, -0.2) is 87.3 Å². The number of carboxylic acids is 3. The van der Waals surface area contributed by atoms with Crippen molar-refractivity contribution in [3.05, 3.63) is 0 Å². The van der Waals surface area contributed by atoms with E-state index in [0.717, 1.165) is 6.92 Å². The molecule has 0 radical (unpaired) electrons. The summed E-state index contributed by atoms with van der Waals surface area (Å²) in [6.07, 6.45) is -2.31. The van der Waals surface area contributed by atoms with Gasteiger partial charge in [0.25, 0.3) is 0 Å². The van der Waals surface area contributed by atoms with Gasteiger partial charge in [-0.2, -0.15) is 0 Å².